The van der Waals surface area contributed by atoms with Gasteiger partial charge in [0.15, 0.2) is 5.62 Å². The van der Waals surface area contributed by atoms with Crippen molar-refractivity contribution in [3.05, 3.63) is 53.1 Å². The minimum absolute atomic E-state index is 0.411. The van der Waals surface area contributed by atoms with Crippen LogP contribution in [0, 0.1) is 13.8 Å². The van der Waals surface area contributed by atoms with Crippen molar-refractivity contribution in [3.63, 3.8) is 0 Å². The second-order valence-electron chi connectivity index (χ2n) is 5.18. The Morgan fingerprint density at radius 3 is 2.46 bits per heavy atom. The highest BCUT2D eigenvalue weighted by atomic mass is 32.2. The number of ether oxygens (including phenoxy) is 1. The van der Waals surface area contributed by atoms with Gasteiger partial charge in [-0.15, -0.1) is 12.6 Å². The van der Waals surface area contributed by atoms with Crippen LogP contribution >= 0.6 is 24.4 Å². The molecule has 0 aliphatic rings. The summed E-state index contributed by atoms with van der Waals surface area (Å²) in [5, 5.41) is 10.9. The van der Waals surface area contributed by atoms with Crippen LogP contribution in [-0.2, 0) is 11.4 Å². The Morgan fingerprint density at radius 2 is 1.92 bits per heavy atom. The number of hydrogen-bond donors (Lipinski definition) is 2. The molecule has 0 spiro atoms. The van der Waals surface area contributed by atoms with Crippen molar-refractivity contribution in [1.29, 1.82) is 0 Å². The Labute approximate surface area is 153 Å². The van der Waals surface area contributed by atoms with E-state index in [-0.39, 0.29) is 0 Å². The van der Waals surface area contributed by atoms with Crippen LogP contribution in [0.5, 0.6) is 5.75 Å². The molecule has 2 aromatic rings. The van der Waals surface area contributed by atoms with E-state index in [0.717, 1.165) is 43.7 Å². The number of carbonyl (C=O) groups excluding carboxylic acids is 1. The third-order valence-electron chi connectivity index (χ3n) is 3.28. The van der Waals surface area contributed by atoms with Gasteiger partial charge in [0.2, 0.25) is 0 Å². The first-order valence-electron chi connectivity index (χ1n) is 7.30. The Morgan fingerprint density at radius 1 is 1.25 bits per heavy atom. The van der Waals surface area contributed by atoms with Gasteiger partial charge in [-0.3, -0.25) is 15.1 Å². The highest BCUT2D eigenvalue weighted by molar-refractivity contribution is 8.11. The van der Waals surface area contributed by atoms with Crippen molar-refractivity contribution in [1.82, 2.24) is 0 Å². The van der Waals surface area contributed by atoms with Crippen molar-refractivity contribution in [3.8, 4) is 5.75 Å². The van der Waals surface area contributed by atoms with Crippen molar-refractivity contribution >= 4 is 35.7 Å². The first kappa shape index (κ1) is 20.4. The fraction of sp³-hybridized carbons (Fsp3) is 0.278. The molecule has 0 radical (unpaired) electrons. The summed E-state index contributed by atoms with van der Waals surface area (Å²) in [6.07, 6.45) is 1.73. The summed E-state index contributed by atoms with van der Waals surface area (Å²) in [6, 6.07) is 11.7. The smallest absolute Gasteiger partial charge is 0.175 e. The summed E-state index contributed by atoms with van der Waals surface area (Å²) in [7, 11) is 1.62. The summed E-state index contributed by atoms with van der Waals surface area (Å²) in [5.41, 5.74) is 4.59. The van der Waals surface area contributed by atoms with Crippen LogP contribution in [0.3, 0.4) is 0 Å². The molecule has 24 heavy (non-hydrogen) atoms. The molecule has 4 nitrogen and oxygen atoms in total. The number of nitrogens with zero attached hydrogens (tertiary/aromatic N) is 1. The van der Waals surface area contributed by atoms with Gasteiger partial charge in [0.05, 0.1) is 5.69 Å². The molecule has 0 aromatic heterocycles. The van der Waals surface area contributed by atoms with Gasteiger partial charge in [-0.2, -0.15) is 0 Å². The molecule has 0 heterocycles. The Bertz CT molecular complexity index is 675. The number of rotatable bonds is 5. The van der Waals surface area contributed by atoms with Crippen LogP contribution in [0.1, 0.15) is 16.7 Å². The number of carbonyl (C=O) groups is 1. The number of aryl methyl sites for hydroxylation is 2. The first-order chi connectivity index (χ1) is 11.4. The predicted octanol–water partition coefficient (Wildman–Crippen LogP) is 4.54. The van der Waals surface area contributed by atoms with E-state index in [1.54, 1.807) is 13.3 Å². The number of anilines is 1. The summed E-state index contributed by atoms with van der Waals surface area (Å²) >= 11 is 5.48. The van der Waals surface area contributed by atoms with Crippen LogP contribution in [0.4, 0.5) is 5.69 Å². The van der Waals surface area contributed by atoms with Gasteiger partial charge in [-0.25, -0.2) is 0 Å². The summed E-state index contributed by atoms with van der Waals surface area (Å²) in [5.74, 6) is 0.829. The van der Waals surface area contributed by atoms with Gasteiger partial charge >= 0.3 is 0 Å². The third-order valence-corrected chi connectivity index (χ3v) is 3.75. The lowest BCUT2D eigenvalue weighted by Gasteiger charge is -2.19. The molecule has 0 fully saturated rings. The molecule has 2 rings (SSSR count). The van der Waals surface area contributed by atoms with Gasteiger partial charge in [-0.05, 0) is 49.4 Å². The molecular weight excluding hydrogens is 342 g/mol. The van der Waals surface area contributed by atoms with E-state index in [9.17, 15) is 5.21 Å². The molecule has 6 heteroatoms. The number of thioether (sulfide) groups is 1. The molecule has 0 aliphatic carbocycles. The molecule has 0 amide bonds. The predicted molar refractivity (Wildman–Crippen MR) is 104 cm³/mol. The molecule has 0 aliphatic heterocycles. The number of thiol groups is 1. The topological polar surface area (TPSA) is 49.8 Å². The molecule has 0 unspecified atom stereocenters. The van der Waals surface area contributed by atoms with Gasteiger partial charge in [-0.1, -0.05) is 30.0 Å². The van der Waals surface area contributed by atoms with E-state index in [2.05, 4.69) is 12.6 Å². The largest absolute Gasteiger partial charge is 0.489 e. The lowest BCUT2D eigenvalue weighted by atomic mass is 10.1. The number of hydrogen-bond acceptors (Lipinski definition) is 6. The Hall–Kier alpha value is -1.63. The third kappa shape index (κ3) is 6.11. The number of para-hydroxylation sites is 1. The van der Waals surface area contributed by atoms with Crippen molar-refractivity contribution < 1.29 is 14.7 Å². The van der Waals surface area contributed by atoms with E-state index in [0.29, 0.717) is 6.61 Å². The van der Waals surface area contributed by atoms with Gasteiger partial charge in [0, 0.05) is 17.5 Å². The minimum atomic E-state index is 0.411. The molecule has 0 bridgehead atoms. The average Bonchev–Trinajstić information content (AvgIpc) is 2.54. The lowest BCUT2D eigenvalue weighted by molar-refractivity contribution is 0.270. The molecule has 0 atom stereocenters. The van der Waals surface area contributed by atoms with Gasteiger partial charge in [0.25, 0.3) is 0 Å². The normalized spacial score (nSPS) is 9.75. The highest BCUT2D eigenvalue weighted by Crippen LogP contribution is 2.26. The molecule has 2 aromatic carbocycles. The zero-order valence-electron chi connectivity index (χ0n) is 14.3. The monoisotopic (exact) mass is 365 g/mol. The molecule has 1 N–H and O–H groups in total. The summed E-state index contributed by atoms with van der Waals surface area (Å²) in [6.45, 7) is 4.37. The van der Waals surface area contributed by atoms with Gasteiger partial charge < -0.3 is 4.74 Å². The lowest BCUT2D eigenvalue weighted by Crippen LogP contribution is -2.15. The molecule has 0 saturated carbocycles. The van der Waals surface area contributed by atoms with E-state index in [1.165, 1.54) is 11.8 Å². The second-order valence-corrected chi connectivity index (χ2v) is 6.36. The zero-order chi connectivity index (χ0) is 18.1. The fourth-order valence-electron chi connectivity index (χ4n) is 2.25. The maximum atomic E-state index is 9.74. The zero-order valence-corrected chi connectivity index (χ0v) is 16.0. The molecule has 130 valence electrons. The highest BCUT2D eigenvalue weighted by Gasteiger charge is 2.10. The maximum absolute atomic E-state index is 9.74. The standard InChI is InChI=1S/C16H19NO2S.C2H4OS/c1-11-5-4-6-13(16(11)17(3)18)10-19-15-8-7-14(20)9-12(15)2;1-4-2-3/h4-9,18,20H,10H2,1-3H3;2H,1H3. The van der Waals surface area contributed by atoms with Crippen LogP contribution in [0.2, 0.25) is 0 Å². The van der Waals surface area contributed by atoms with Crippen LogP contribution < -0.4 is 9.80 Å². The Kier molecular flexibility index (Phi) is 8.74. The van der Waals surface area contributed by atoms with E-state index in [4.69, 9.17) is 9.53 Å². The van der Waals surface area contributed by atoms with Crippen molar-refractivity contribution in [2.24, 2.45) is 0 Å². The Balaban J connectivity index is 0.000000648. The SMILES string of the molecule is CSC=O.Cc1cc(S)ccc1OCc1cccc(C)c1N(C)O. The van der Waals surface area contributed by atoms with Crippen molar-refractivity contribution in [2.75, 3.05) is 18.4 Å². The van der Waals surface area contributed by atoms with Crippen LogP contribution in [0.15, 0.2) is 41.3 Å². The van der Waals surface area contributed by atoms with E-state index >= 15 is 0 Å². The van der Waals surface area contributed by atoms with Gasteiger partial charge in [0.1, 0.15) is 12.4 Å². The summed E-state index contributed by atoms with van der Waals surface area (Å²) in [4.78, 5) is 10.1. The number of hydroxylamine groups is 1. The quantitative estimate of drug-likeness (QED) is 0.463. The fourth-order valence-corrected chi connectivity index (χ4v) is 2.52. The molecular formula is C18H23NO3S2. The number of benzene rings is 2. The average molecular weight is 366 g/mol. The van der Waals surface area contributed by atoms with Crippen LogP contribution in [-0.4, -0.2) is 24.1 Å². The maximum Gasteiger partial charge on any atom is 0.175 e. The van der Waals surface area contributed by atoms with Crippen molar-refractivity contribution in [2.45, 2.75) is 25.3 Å². The molecule has 0 saturated heterocycles. The first-order valence-corrected chi connectivity index (χ1v) is 9.04. The van der Waals surface area contributed by atoms with Crippen LogP contribution in [0.25, 0.3) is 0 Å². The van der Waals surface area contributed by atoms with E-state index < -0.39 is 0 Å². The minimum Gasteiger partial charge on any atom is -0.489 e. The summed E-state index contributed by atoms with van der Waals surface area (Å²) < 4.78 is 5.85. The second kappa shape index (κ2) is 10.3. The van der Waals surface area contributed by atoms with E-state index in [1.807, 2.05) is 50.2 Å².